The maximum atomic E-state index is 12.9. The van der Waals surface area contributed by atoms with Crippen LogP contribution in [0.4, 0.5) is 5.00 Å². The molecule has 0 saturated carbocycles. The molecule has 182 valence electrons. The number of nitriles is 1. The van der Waals surface area contributed by atoms with Crippen LogP contribution < -0.4 is 5.32 Å². The lowest BCUT2D eigenvalue weighted by Gasteiger charge is -2.11. The molecule has 2 aromatic heterocycles. The number of thiophene rings is 1. The number of phenolic OH excluding ortho intramolecular Hbond substituents is 1. The molecule has 2 heterocycles. The van der Waals surface area contributed by atoms with Crippen molar-refractivity contribution >= 4 is 34.0 Å². The van der Waals surface area contributed by atoms with Crippen LogP contribution in [-0.4, -0.2) is 31.5 Å². The standard InChI is InChI=1S/C27H25N5O2S2/c28-16-21-19-10-5-7-13-23(19)36-26(21)29-24(34)17-35-27-31-30-25(20-11-4-6-12-22(20)33)32(27)15-14-18-8-2-1-3-9-18/h1-4,6,8-9,11-12,33H,5,7,10,13-15,17H2,(H,29,34). The molecule has 7 nitrogen and oxygen atoms in total. The third-order valence-electron chi connectivity index (χ3n) is 6.20. The number of aromatic nitrogens is 3. The molecule has 2 N–H and O–H groups in total. The fourth-order valence-corrected chi connectivity index (χ4v) is 6.43. The number of para-hydroxylation sites is 1. The van der Waals surface area contributed by atoms with Gasteiger partial charge in [0.05, 0.1) is 16.9 Å². The Bertz CT molecular complexity index is 1420. The van der Waals surface area contributed by atoms with E-state index in [2.05, 4.69) is 33.7 Å². The van der Waals surface area contributed by atoms with Gasteiger partial charge in [-0.1, -0.05) is 54.2 Å². The quantitative estimate of drug-likeness (QED) is 0.303. The summed E-state index contributed by atoms with van der Waals surface area (Å²) in [5, 5.41) is 33.0. The molecule has 0 fully saturated rings. The van der Waals surface area contributed by atoms with Gasteiger partial charge in [-0.05, 0) is 55.4 Å². The van der Waals surface area contributed by atoms with Crippen molar-refractivity contribution in [3.8, 4) is 23.2 Å². The van der Waals surface area contributed by atoms with Crippen LogP contribution in [0.1, 0.15) is 34.4 Å². The maximum Gasteiger partial charge on any atom is 0.235 e. The van der Waals surface area contributed by atoms with Gasteiger partial charge in [0.1, 0.15) is 16.8 Å². The Labute approximate surface area is 217 Å². The second kappa shape index (κ2) is 11.0. The van der Waals surface area contributed by atoms with Crippen LogP contribution in [0.25, 0.3) is 11.4 Å². The van der Waals surface area contributed by atoms with Crippen LogP contribution in [0.2, 0.25) is 0 Å². The van der Waals surface area contributed by atoms with Gasteiger partial charge in [0.15, 0.2) is 11.0 Å². The van der Waals surface area contributed by atoms with E-state index in [0.29, 0.717) is 33.7 Å². The van der Waals surface area contributed by atoms with Crippen molar-refractivity contribution in [1.82, 2.24) is 14.8 Å². The molecule has 9 heteroatoms. The highest BCUT2D eigenvalue weighted by molar-refractivity contribution is 7.99. The molecular weight excluding hydrogens is 490 g/mol. The zero-order valence-electron chi connectivity index (χ0n) is 19.6. The third kappa shape index (κ3) is 5.15. The third-order valence-corrected chi connectivity index (χ3v) is 8.37. The Morgan fingerprint density at radius 3 is 2.69 bits per heavy atom. The number of nitrogens with one attached hydrogen (secondary N) is 1. The highest BCUT2D eigenvalue weighted by Crippen LogP contribution is 2.38. The van der Waals surface area contributed by atoms with Gasteiger partial charge in [-0.2, -0.15) is 5.26 Å². The number of thioether (sulfide) groups is 1. The number of aryl methyl sites for hydroxylation is 2. The first-order valence-electron chi connectivity index (χ1n) is 11.9. The second-order valence-corrected chi connectivity index (χ2v) is 10.6. The second-order valence-electron chi connectivity index (χ2n) is 8.57. The lowest BCUT2D eigenvalue weighted by Crippen LogP contribution is -2.15. The molecule has 0 bridgehead atoms. The Hall–Kier alpha value is -3.61. The predicted octanol–water partition coefficient (Wildman–Crippen LogP) is 5.44. The van der Waals surface area contributed by atoms with Gasteiger partial charge in [0, 0.05) is 11.4 Å². The molecule has 0 aliphatic heterocycles. The summed E-state index contributed by atoms with van der Waals surface area (Å²) in [7, 11) is 0. The number of amides is 1. The average Bonchev–Trinajstić information content (AvgIpc) is 3.47. The highest BCUT2D eigenvalue weighted by atomic mass is 32.2. The molecule has 2 aromatic carbocycles. The summed E-state index contributed by atoms with van der Waals surface area (Å²) in [5.74, 6) is 0.643. The number of aromatic hydroxyl groups is 1. The van der Waals surface area contributed by atoms with Crippen molar-refractivity contribution in [2.24, 2.45) is 0 Å². The number of carbonyl (C=O) groups excluding carboxylic acids is 1. The number of fused-ring (bicyclic) bond motifs is 1. The Morgan fingerprint density at radius 2 is 1.89 bits per heavy atom. The minimum absolute atomic E-state index is 0.130. The molecule has 0 radical (unpaired) electrons. The first kappa shape index (κ1) is 24.1. The van der Waals surface area contributed by atoms with E-state index in [1.165, 1.54) is 33.5 Å². The largest absolute Gasteiger partial charge is 0.507 e. The Kier molecular flexibility index (Phi) is 7.35. The summed E-state index contributed by atoms with van der Waals surface area (Å²) < 4.78 is 1.95. The Morgan fingerprint density at radius 1 is 1.11 bits per heavy atom. The number of phenols is 1. The van der Waals surface area contributed by atoms with Crippen LogP contribution in [0.15, 0.2) is 59.8 Å². The van der Waals surface area contributed by atoms with Crippen LogP contribution in [0.3, 0.4) is 0 Å². The summed E-state index contributed by atoms with van der Waals surface area (Å²) in [5.41, 5.74) is 3.48. The van der Waals surface area contributed by atoms with E-state index in [4.69, 9.17) is 0 Å². The van der Waals surface area contributed by atoms with Crippen LogP contribution in [-0.2, 0) is 30.6 Å². The van der Waals surface area contributed by atoms with E-state index < -0.39 is 0 Å². The van der Waals surface area contributed by atoms with Crippen molar-refractivity contribution < 1.29 is 9.90 Å². The van der Waals surface area contributed by atoms with Gasteiger partial charge in [-0.15, -0.1) is 21.5 Å². The van der Waals surface area contributed by atoms with Crippen molar-refractivity contribution in [2.45, 2.75) is 43.8 Å². The number of hydrogen-bond donors (Lipinski definition) is 2. The van der Waals surface area contributed by atoms with Crippen molar-refractivity contribution in [2.75, 3.05) is 11.1 Å². The lowest BCUT2D eigenvalue weighted by molar-refractivity contribution is -0.113. The molecule has 1 aliphatic carbocycles. The van der Waals surface area contributed by atoms with Gasteiger partial charge in [0.2, 0.25) is 5.91 Å². The van der Waals surface area contributed by atoms with Crippen molar-refractivity contribution in [3.05, 3.63) is 76.2 Å². The molecule has 0 spiro atoms. The van der Waals surface area contributed by atoms with Gasteiger partial charge in [-0.3, -0.25) is 4.79 Å². The highest BCUT2D eigenvalue weighted by Gasteiger charge is 2.23. The zero-order valence-corrected chi connectivity index (χ0v) is 21.2. The van der Waals surface area contributed by atoms with E-state index in [9.17, 15) is 15.2 Å². The van der Waals surface area contributed by atoms with Crippen LogP contribution in [0, 0.1) is 11.3 Å². The maximum absolute atomic E-state index is 12.9. The molecule has 0 atom stereocenters. The predicted molar refractivity (Wildman–Crippen MR) is 142 cm³/mol. The van der Waals surface area contributed by atoms with Crippen molar-refractivity contribution in [1.29, 1.82) is 5.26 Å². The topological polar surface area (TPSA) is 104 Å². The first-order valence-corrected chi connectivity index (χ1v) is 13.7. The molecule has 0 saturated heterocycles. The molecule has 4 aromatic rings. The molecule has 1 aliphatic rings. The van der Waals surface area contributed by atoms with Crippen molar-refractivity contribution in [3.63, 3.8) is 0 Å². The van der Waals surface area contributed by atoms with E-state index in [1.54, 1.807) is 12.1 Å². The van der Waals surface area contributed by atoms with E-state index in [-0.39, 0.29) is 17.4 Å². The number of anilines is 1. The van der Waals surface area contributed by atoms with Gasteiger partial charge in [0.25, 0.3) is 0 Å². The smallest absolute Gasteiger partial charge is 0.235 e. The van der Waals surface area contributed by atoms with E-state index in [1.807, 2.05) is 34.9 Å². The fraction of sp³-hybridized carbons (Fsp3) is 0.259. The summed E-state index contributed by atoms with van der Waals surface area (Å²) >= 11 is 2.82. The monoisotopic (exact) mass is 515 g/mol. The Balaban J connectivity index is 1.34. The van der Waals surface area contributed by atoms with E-state index in [0.717, 1.165) is 37.7 Å². The van der Waals surface area contributed by atoms with Gasteiger partial charge >= 0.3 is 0 Å². The van der Waals surface area contributed by atoms with E-state index >= 15 is 0 Å². The first-order chi connectivity index (χ1) is 17.6. The summed E-state index contributed by atoms with van der Waals surface area (Å²) in [4.78, 5) is 14.1. The summed E-state index contributed by atoms with van der Waals surface area (Å²) in [6.07, 6.45) is 4.84. The normalized spacial score (nSPS) is 12.6. The molecule has 36 heavy (non-hydrogen) atoms. The van der Waals surface area contributed by atoms with Crippen LogP contribution in [0.5, 0.6) is 5.75 Å². The minimum atomic E-state index is -0.184. The summed E-state index contributed by atoms with van der Waals surface area (Å²) in [6.45, 7) is 0.598. The fourth-order valence-electron chi connectivity index (χ4n) is 4.41. The lowest BCUT2D eigenvalue weighted by atomic mass is 9.96. The number of nitrogens with zero attached hydrogens (tertiary/aromatic N) is 4. The zero-order chi connectivity index (χ0) is 24.9. The minimum Gasteiger partial charge on any atom is -0.507 e. The van der Waals surface area contributed by atoms with Crippen LogP contribution >= 0.6 is 23.1 Å². The SMILES string of the molecule is N#Cc1c(NC(=O)CSc2nnc(-c3ccccc3O)n2CCc2ccccc2)sc2c1CCCC2. The average molecular weight is 516 g/mol. The molecule has 0 unspecified atom stereocenters. The van der Waals surface area contributed by atoms with Gasteiger partial charge < -0.3 is 15.0 Å². The van der Waals surface area contributed by atoms with Gasteiger partial charge in [-0.25, -0.2) is 0 Å². The molecular formula is C27H25N5O2S2. The molecule has 1 amide bonds. The summed E-state index contributed by atoms with van der Waals surface area (Å²) in [6, 6.07) is 19.5. The number of carbonyl (C=O) groups is 1. The number of hydrogen-bond acceptors (Lipinski definition) is 7. The number of rotatable bonds is 8. The number of benzene rings is 2. The molecule has 5 rings (SSSR count).